The number of hydrogen-bond donors (Lipinski definition) is 3. The molecular weight excluding hydrogens is 326 g/mol. The molecule has 0 spiro atoms. The van der Waals surface area contributed by atoms with Gasteiger partial charge in [0.15, 0.2) is 0 Å². The van der Waals surface area contributed by atoms with Crippen LogP contribution in [0.3, 0.4) is 0 Å². The Morgan fingerprint density at radius 3 is 1.96 bits per heavy atom. The summed E-state index contributed by atoms with van der Waals surface area (Å²) in [6.07, 6.45) is 1.05. The fourth-order valence-electron chi connectivity index (χ4n) is 1.80. The molecule has 25 heavy (non-hydrogen) atoms. The van der Waals surface area contributed by atoms with E-state index in [0.29, 0.717) is 0 Å². The first-order valence-corrected chi connectivity index (χ1v) is 8.31. The van der Waals surface area contributed by atoms with E-state index in [9.17, 15) is 19.2 Å². The van der Waals surface area contributed by atoms with Gasteiger partial charge in [-0.3, -0.25) is 14.4 Å². The molecule has 0 aliphatic heterocycles. The lowest BCUT2D eigenvalue weighted by Gasteiger charge is -2.25. The highest BCUT2D eigenvalue weighted by atomic mass is 16.6. The zero-order valence-electron chi connectivity index (χ0n) is 16.1. The number of nitrogens with one attached hydrogen (secondary N) is 3. The second-order valence-corrected chi connectivity index (χ2v) is 7.49. The highest BCUT2D eigenvalue weighted by Crippen LogP contribution is 2.07. The molecule has 0 rings (SSSR count). The highest BCUT2D eigenvalue weighted by Gasteiger charge is 2.27. The first kappa shape index (κ1) is 22.9. The Morgan fingerprint density at radius 2 is 1.56 bits per heavy atom. The Morgan fingerprint density at radius 1 is 1.00 bits per heavy atom. The van der Waals surface area contributed by atoms with E-state index in [2.05, 4.69) is 16.0 Å². The predicted molar refractivity (Wildman–Crippen MR) is 93.5 cm³/mol. The summed E-state index contributed by atoms with van der Waals surface area (Å²) in [6.45, 7) is 11.9. The van der Waals surface area contributed by atoms with Gasteiger partial charge in [0.05, 0.1) is 6.04 Å². The van der Waals surface area contributed by atoms with Gasteiger partial charge in [0.2, 0.25) is 18.1 Å². The van der Waals surface area contributed by atoms with Crippen molar-refractivity contribution in [1.29, 1.82) is 0 Å². The van der Waals surface area contributed by atoms with Crippen molar-refractivity contribution in [1.82, 2.24) is 16.0 Å². The molecule has 0 aliphatic rings. The molecule has 8 nitrogen and oxygen atoms in total. The van der Waals surface area contributed by atoms with Crippen molar-refractivity contribution in [2.45, 2.75) is 66.2 Å². The fraction of sp³-hybridized carbons (Fsp3) is 0.765. The van der Waals surface area contributed by atoms with E-state index in [4.69, 9.17) is 4.74 Å². The highest BCUT2D eigenvalue weighted by molar-refractivity contribution is 5.90. The third-order valence-electron chi connectivity index (χ3n) is 3.15. The third-order valence-corrected chi connectivity index (χ3v) is 3.15. The Hall–Kier alpha value is -2.12. The van der Waals surface area contributed by atoms with E-state index in [-0.39, 0.29) is 18.4 Å². The molecule has 3 N–H and O–H groups in total. The van der Waals surface area contributed by atoms with E-state index in [0.717, 1.165) is 0 Å². The maximum absolute atomic E-state index is 12.3. The van der Waals surface area contributed by atoms with Gasteiger partial charge in [0.25, 0.3) is 0 Å². The number of amides is 3. The summed E-state index contributed by atoms with van der Waals surface area (Å²) in [5, 5.41) is 7.44. The van der Waals surface area contributed by atoms with Crippen molar-refractivity contribution in [2.75, 3.05) is 6.54 Å². The van der Waals surface area contributed by atoms with Crippen molar-refractivity contribution in [2.24, 2.45) is 11.8 Å². The summed E-state index contributed by atoms with van der Waals surface area (Å²) in [4.78, 5) is 46.7. The zero-order chi connectivity index (χ0) is 19.8. The van der Waals surface area contributed by atoms with Crippen LogP contribution in [0, 0.1) is 11.8 Å². The molecule has 0 aromatic rings. The van der Waals surface area contributed by atoms with Gasteiger partial charge in [0, 0.05) is 0 Å². The van der Waals surface area contributed by atoms with E-state index in [1.807, 2.05) is 0 Å². The van der Waals surface area contributed by atoms with Crippen LogP contribution in [-0.2, 0) is 19.1 Å². The van der Waals surface area contributed by atoms with Crippen LogP contribution in [0.25, 0.3) is 0 Å². The SMILES string of the molecule is CC(C)[C@H](NC(=O)CNC(=O)OC(C)(C)C)C(=O)N[C@H]([C]=O)C(C)C. The minimum absolute atomic E-state index is 0.112. The number of ether oxygens (including phenoxy) is 1. The lowest BCUT2D eigenvalue weighted by molar-refractivity contribution is -0.130. The number of alkyl carbamates (subject to hydrolysis) is 1. The van der Waals surface area contributed by atoms with Crippen LogP contribution in [0.1, 0.15) is 48.5 Å². The third kappa shape index (κ3) is 9.69. The van der Waals surface area contributed by atoms with Crippen LogP contribution < -0.4 is 16.0 Å². The lowest BCUT2D eigenvalue weighted by Crippen LogP contribution is -2.55. The summed E-state index contributed by atoms with van der Waals surface area (Å²) >= 11 is 0. The molecule has 0 heterocycles. The van der Waals surface area contributed by atoms with Gasteiger partial charge in [-0.15, -0.1) is 0 Å². The number of rotatable bonds is 8. The van der Waals surface area contributed by atoms with Gasteiger partial charge in [0.1, 0.15) is 18.2 Å². The van der Waals surface area contributed by atoms with Crippen molar-refractivity contribution >= 4 is 24.2 Å². The topological polar surface area (TPSA) is 114 Å². The van der Waals surface area contributed by atoms with Crippen LogP contribution in [0.4, 0.5) is 4.79 Å². The largest absolute Gasteiger partial charge is 0.444 e. The molecule has 0 aromatic heterocycles. The van der Waals surface area contributed by atoms with Gasteiger partial charge in [-0.1, -0.05) is 27.7 Å². The molecule has 0 bridgehead atoms. The maximum atomic E-state index is 12.3. The number of hydrogen-bond acceptors (Lipinski definition) is 5. The Bertz CT molecular complexity index is 483. The average Bonchev–Trinajstić information content (AvgIpc) is 2.45. The van der Waals surface area contributed by atoms with E-state index < -0.39 is 35.6 Å². The molecular formula is C17H30N3O5. The Kier molecular flexibility index (Phi) is 9.16. The molecule has 0 unspecified atom stereocenters. The molecule has 0 aromatic carbocycles. The van der Waals surface area contributed by atoms with Crippen LogP contribution in [0.2, 0.25) is 0 Å². The maximum Gasteiger partial charge on any atom is 0.408 e. The second kappa shape index (κ2) is 10.0. The molecule has 0 aliphatic carbocycles. The second-order valence-electron chi connectivity index (χ2n) is 7.49. The monoisotopic (exact) mass is 356 g/mol. The minimum Gasteiger partial charge on any atom is -0.444 e. The molecule has 0 saturated heterocycles. The van der Waals surface area contributed by atoms with Gasteiger partial charge in [-0.25, -0.2) is 4.79 Å². The van der Waals surface area contributed by atoms with Crippen molar-refractivity contribution in [3.05, 3.63) is 0 Å². The smallest absolute Gasteiger partial charge is 0.408 e. The standard InChI is InChI=1S/C17H30N3O5/c1-10(2)12(9-21)19-15(23)14(11(3)4)20-13(22)8-18-16(24)25-17(5,6)7/h10-12,14H,8H2,1-7H3,(H,18,24)(H,19,23)(H,20,22)/t12-,14+/m1/s1. The summed E-state index contributed by atoms with van der Waals surface area (Å²) in [6, 6.07) is -1.58. The van der Waals surface area contributed by atoms with Crippen molar-refractivity contribution < 1.29 is 23.9 Å². The molecule has 0 saturated carbocycles. The number of carbonyl (C=O) groups excluding carboxylic acids is 4. The summed E-state index contributed by atoms with van der Waals surface area (Å²) in [5.74, 6) is -1.32. The molecule has 2 atom stereocenters. The van der Waals surface area contributed by atoms with Gasteiger partial charge < -0.3 is 20.7 Å². The molecule has 1 radical (unpaired) electrons. The van der Waals surface area contributed by atoms with E-state index in [1.54, 1.807) is 54.8 Å². The van der Waals surface area contributed by atoms with Crippen LogP contribution in [0.15, 0.2) is 0 Å². The van der Waals surface area contributed by atoms with Crippen LogP contribution in [-0.4, -0.2) is 48.4 Å². The Balaban J connectivity index is 4.65. The molecule has 8 heteroatoms. The van der Waals surface area contributed by atoms with E-state index >= 15 is 0 Å². The van der Waals surface area contributed by atoms with E-state index in [1.165, 1.54) is 0 Å². The van der Waals surface area contributed by atoms with Crippen molar-refractivity contribution in [3.8, 4) is 0 Å². The summed E-state index contributed by atoms with van der Waals surface area (Å²) in [7, 11) is 0. The zero-order valence-corrected chi connectivity index (χ0v) is 16.1. The minimum atomic E-state index is -0.831. The summed E-state index contributed by atoms with van der Waals surface area (Å²) in [5.41, 5.74) is -0.669. The van der Waals surface area contributed by atoms with Crippen LogP contribution >= 0.6 is 0 Å². The molecule has 143 valence electrons. The number of carbonyl (C=O) groups is 3. The quantitative estimate of drug-likeness (QED) is 0.598. The molecule has 3 amide bonds. The summed E-state index contributed by atoms with van der Waals surface area (Å²) < 4.78 is 5.03. The normalized spacial score (nSPS) is 13.8. The van der Waals surface area contributed by atoms with Gasteiger partial charge in [-0.05, 0) is 32.6 Å². The van der Waals surface area contributed by atoms with Crippen LogP contribution in [0.5, 0.6) is 0 Å². The van der Waals surface area contributed by atoms with Gasteiger partial charge in [-0.2, -0.15) is 0 Å². The Labute approximate surface area is 149 Å². The lowest BCUT2D eigenvalue weighted by atomic mass is 10.0. The fourth-order valence-corrected chi connectivity index (χ4v) is 1.80. The first-order valence-electron chi connectivity index (χ1n) is 8.31. The average molecular weight is 356 g/mol. The van der Waals surface area contributed by atoms with Gasteiger partial charge >= 0.3 is 6.09 Å². The molecule has 0 fully saturated rings. The predicted octanol–water partition coefficient (Wildman–Crippen LogP) is 0.902. The first-order chi connectivity index (χ1) is 11.4. The van der Waals surface area contributed by atoms with Crippen molar-refractivity contribution in [3.63, 3.8) is 0 Å².